The van der Waals surface area contributed by atoms with Crippen LogP contribution in [-0.2, 0) is 0 Å². The second-order valence-corrected chi connectivity index (χ2v) is 11.6. The van der Waals surface area contributed by atoms with E-state index >= 15 is 0 Å². The van der Waals surface area contributed by atoms with Crippen LogP contribution in [0.2, 0.25) is 0 Å². The summed E-state index contributed by atoms with van der Waals surface area (Å²) in [6.07, 6.45) is 2.12. The molecule has 0 bridgehead atoms. The number of aromatic amines is 1. The van der Waals surface area contributed by atoms with Crippen molar-refractivity contribution in [2.24, 2.45) is 0 Å². The number of thioether (sulfide) groups is 1. The molecule has 0 aliphatic rings. The first-order valence-corrected chi connectivity index (χ1v) is 13.6. The van der Waals surface area contributed by atoms with Crippen LogP contribution in [0.25, 0.3) is 11.4 Å². The van der Waals surface area contributed by atoms with E-state index in [1.165, 1.54) is 21.3 Å². The standard InChI is InChI=1S/C28H24N2PS/c1-32-28-27(29-26(30-28)22-14-6-2-7-15-22)31(23-16-8-3-9-17-23,24-18-10-4-11-19-24)25-20-12-5-13-21-25/h2-21H,1H3,(H,29,30)/q+1. The van der Waals surface area contributed by atoms with Crippen LogP contribution in [0.3, 0.4) is 0 Å². The number of hydrogen-bond acceptors (Lipinski definition) is 2. The van der Waals surface area contributed by atoms with E-state index in [4.69, 9.17) is 4.98 Å². The van der Waals surface area contributed by atoms with Gasteiger partial charge in [-0.2, -0.15) is 0 Å². The van der Waals surface area contributed by atoms with E-state index in [1.807, 2.05) is 6.07 Å². The molecule has 0 unspecified atom stereocenters. The van der Waals surface area contributed by atoms with Gasteiger partial charge in [0, 0.05) is 5.56 Å². The number of H-pyrrole nitrogens is 1. The highest BCUT2D eigenvalue weighted by Gasteiger charge is 2.51. The number of rotatable bonds is 6. The van der Waals surface area contributed by atoms with Crippen molar-refractivity contribution in [3.05, 3.63) is 121 Å². The van der Waals surface area contributed by atoms with Crippen molar-refractivity contribution in [2.75, 3.05) is 6.26 Å². The monoisotopic (exact) mass is 451 g/mol. The van der Waals surface area contributed by atoms with Crippen LogP contribution in [0.4, 0.5) is 0 Å². The normalized spacial score (nSPS) is 11.4. The Hall–Kier alpha value is -3.13. The van der Waals surface area contributed by atoms with Crippen LogP contribution in [0.1, 0.15) is 0 Å². The minimum absolute atomic E-state index is 0.914. The van der Waals surface area contributed by atoms with Gasteiger partial charge in [-0.05, 0) is 42.7 Å². The van der Waals surface area contributed by atoms with Crippen molar-refractivity contribution in [1.82, 2.24) is 9.97 Å². The molecule has 0 spiro atoms. The number of imidazole rings is 1. The molecule has 0 aliphatic carbocycles. The molecule has 32 heavy (non-hydrogen) atoms. The van der Waals surface area contributed by atoms with E-state index < -0.39 is 7.26 Å². The van der Waals surface area contributed by atoms with E-state index in [0.29, 0.717) is 0 Å². The Kier molecular flexibility index (Phi) is 5.94. The van der Waals surface area contributed by atoms with Gasteiger partial charge in [-0.25, -0.2) is 4.98 Å². The zero-order chi connectivity index (χ0) is 21.8. The highest BCUT2D eigenvalue weighted by Crippen LogP contribution is 2.55. The number of nitrogens with zero attached hydrogens (tertiary/aromatic N) is 1. The summed E-state index contributed by atoms with van der Waals surface area (Å²) in [7, 11) is -2.20. The number of hydrogen-bond donors (Lipinski definition) is 1. The topological polar surface area (TPSA) is 28.7 Å². The Balaban J connectivity index is 1.89. The lowest BCUT2D eigenvalue weighted by atomic mass is 10.2. The largest absolute Gasteiger partial charge is 0.307 e. The molecule has 0 saturated heterocycles. The van der Waals surface area contributed by atoms with Crippen molar-refractivity contribution < 1.29 is 0 Å². The van der Waals surface area contributed by atoms with Gasteiger partial charge in [0.2, 0.25) is 5.44 Å². The number of nitrogens with one attached hydrogen (secondary N) is 1. The molecule has 0 fully saturated rings. The van der Waals surface area contributed by atoms with Gasteiger partial charge < -0.3 is 4.98 Å². The van der Waals surface area contributed by atoms with Gasteiger partial charge in [0.25, 0.3) is 0 Å². The Morgan fingerprint density at radius 3 is 1.41 bits per heavy atom. The summed E-state index contributed by atoms with van der Waals surface area (Å²) in [6, 6.07) is 43.1. The van der Waals surface area contributed by atoms with Crippen molar-refractivity contribution in [1.29, 1.82) is 0 Å². The lowest BCUT2D eigenvalue weighted by molar-refractivity contribution is 1.22. The van der Waals surface area contributed by atoms with Crippen molar-refractivity contribution in [3.8, 4) is 11.4 Å². The molecule has 1 aromatic heterocycles. The molecule has 0 saturated carbocycles. The Morgan fingerprint density at radius 2 is 1.00 bits per heavy atom. The summed E-state index contributed by atoms with van der Waals surface area (Å²) in [5.74, 6) is 0.914. The minimum Gasteiger partial charge on any atom is -0.307 e. The summed E-state index contributed by atoms with van der Waals surface area (Å²) < 4.78 is 0. The van der Waals surface area contributed by atoms with Crippen molar-refractivity contribution in [3.63, 3.8) is 0 Å². The molecule has 1 N–H and O–H groups in total. The SMILES string of the molecule is CSc1nc(-c2ccccc2)[nH]c1[P+](c1ccccc1)(c1ccccc1)c1ccccc1. The average Bonchev–Trinajstić information content (AvgIpc) is 3.32. The third-order valence-corrected chi connectivity index (χ3v) is 10.7. The molecule has 4 aromatic carbocycles. The fraction of sp³-hybridized carbons (Fsp3) is 0.0357. The van der Waals surface area contributed by atoms with Gasteiger partial charge in [0.05, 0.1) is 0 Å². The number of aromatic nitrogens is 2. The summed E-state index contributed by atoms with van der Waals surface area (Å²) in [4.78, 5) is 8.88. The van der Waals surface area contributed by atoms with E-state index in [-0.39, 0.29) is 0 Å². The van der Waals surface area contributed by atoms with Crippen LogP contribution in [0, 0.1) is 0 Å². The maximum Gasteiger partial charge on any atom is 0.210 e. The third kappa shape index (κ3) is 3.58. The molecule has 0 atom stereocenters. The van der Waals surface area contributed by atoms with Crippen molar-refractivity contribution in [2.45, 2.75) is 5.03 Å². The maximum absolute atomic E-state index is 5.08. The molecular weight excluding hydrogens is 427 g/mol. The van der Waals surface area contributed by atoms with E-state index in [9.17, 15) is 0 Å². The highest BCUT2D eigenvalue weighted by atomic mass is 32.2. The molecule has 5 aromatic rings. The molecule has 0 radical (unpaired) electrons. The molecule has 2 nitrogen and oxygen atoms in total. The smallest absolute Gasteiger partial charge is 0.210 e. The molecule has 156 valence electrons. The van der Waals surface area contributed by atoms with Crippen LogP contribution in [0.5, 0.6) is 0 Å². The summed E-state index contributed by atoms with van der Waals surface area (Å²) in [5.41, 5.74) is 2.30. The van der Waals surface area contributed by atoms with Crippen molar-refractivity contribution >= 4 is 40.4 Å². The Bertz CT molecular complexity index is 1190. The highest BCUT2D eigenvalue weighted by molar-refractivity contribution is 8.04. The van der Waals surface area contributed by atoms with Crippen LogP contribution in [-0.4, -0.2) is 16.2 Å². The summed E-state index contributed by atoms with van der Waals surface area (Å²) >= 11 is 1.71. The second-order valence-electron chi connectivity index (χ2n) is 7.49. The quantitative estimate of drug-likeness (QED) is 0.276. The predicted octanol–water partition coefficient (Wildman–Crippen LogP) is 5.42. The lowest BCUT2D eigenvalue weighted by Crippen LogP contribution is -2.40. The van der Waals surface area contributed by atoms with Gasteiger partial charge in [0.1, 0.15) is 21.7 Å². The molecule has 0 amide bonds. The molecular formula is C28H24N2PS+. The van der Waals surface area contributed by atoms with Crippen LogP contribution in [0.15, 0.2) is 126 Å². The van der Waals surface area contributed by atoms with Gasteiger partial charge in [-0.3, -0.25) is 0 Å². The van der Waals surface area contributed by atoms with Gasteiger partial charge in [-0.1, -0.05) is 84.9 Å². The lowest BCUT2D eigenvalue weighted by Gasteiger charge is -2.26. The molecule has 1 heterocycles. The first-order valence-electron chi connectivity index (χ1n) is 10.6. The van der Waals surface area contributed by atoms with Gasteiger partial charge in [-0.15, -0.1) is 11.8 Å². The van der Waals surface area contributed by atoms with E-state index in [1.54, 1.807) is 11.8 Å². The van der Waals surface area contributed by atoms with Gasteiger partial charge >= 0.3 is 0 Å². The maximum atomic E-state index is 5.08. The van der Waals surface area contributed by atoms with E-state index in [2.05, 4.69) is 127 Å². The minimum atomic E-state index is -2.20. The Labute approximate surface area is 194 Å². The molecule has 5 rings (SSSR count). The fourth-order valence-electron chi connectivity index (χ4n) is 4.24. The van der Waals surface area contributed by atoms with Gasteiger partial charge in [0.15, 0.2) is 12.3 Å². The van der Waals surface area contributed by atoms with Crippen LogP contribution < -0.4 is 21.3 Å². The fourth-order valence-corrected chi connectivity index (χ4v) is 9.49. The molecule has 0 aliphatic heterocycles. The summed E-state index contributed by atoms with van der Waals surface area (Å²) in [6.45, 7) is 0. The average molecular weight is 452 g/mol. The van der Waals surface area contributed by atoms with Crippen LogP contribution >= 0.6 is 19.0 Å². The second kappa shape index (κ2) is 9.16. The number of benzene rings is 4. The predicted molar refractivity (Wildman–Crippen MR) is 141 cm³/mol. The third-order valence-electron chi connectivity index (χ3n) is 5.66. The first-order chi connectivity index (χ1) is 15.8. The molecule has 4 heteroatoms. The van der Waals surface area contributed by atoms with E-state index in [0.717, 1.165) is 16.4 Å². The first kappa shape index (κ1) is 20.8. The zero-order valence-corrected chi connectivity index (χ0v) is 19.6. The Morgan fingerprint density at radius 1 is 0.594 bits per heavy atom. The summed E-state index contributed by atoms with van der Waals surface area (Å²) in [5, 5.41) is 5.00. The zero-order valence-electron chi connectivity index (χ0n) is 17.8.